The third-order valence-corrected chi connectivity index (χ3v) is 5.16. The fourth-order valence-electron chi connectivity index (χ4n) is 4.20. The Balaban J connectivity index is 1.65. The maximum absolute atomic E-state index is 13.0. The molecule has 4 heteroatoms. The van der Waals surface area contributed by atoms with E-state index in [9.17, 15) is 4.79 Å². The molecule has 0 radical (unpaired) electrons. The van der Waals surface area contributed by atoms with Crippen molar-refractivity contribution in [2.24, 2.45) is 5.92 Å². The van der Waals surface area contributed by atoms with Gasteiger partial charge in [0.2, 0.25) is 0 Å². The van der Waals surface area contributed by atoms with Crippen molar-refractivity contribution in [2.45, 2.75) is 38.1 Å². The summed E-state index contributed by atoms with van der Waals surface area (Å²) in [5, 5.41) is 3.31. The first-order valence-corrected chi connectivity index (χ1v) is 8.15. The second-order valence-corrected chi connectivity index (χ2v) is 6.36. The minimum atomic E-state index is 0.159. The van der Waals surface area contributed by atoms with Crippen LogP contribution in [0.2, 0.25) is 0 Å². The minimum Gasteiger partial charge on any atom is -0.489 e. The lowest BCUT2D eigenvalue weighted by Crippen LogP contribution is -2.46. The van der Waals surface area contributed by atoms with Crippen LogP contribution >= 0.6 is 0 Å². The number of carbonyl (C=O) groups is 1. The lowest BCUT2D eigenvalue weighted by atomic mass is 9.91. The number of rotatable bonds is 1. The number of hydrogen-bond donors (Lipinski definition) is 1. The predicted molar refractivity (Wildman–Crippen MR) is 81.8 cm³/mol. The van der Waals surface area contributed by atoms with Crippen LogP contribution in [0.4, 0.5) is 5.69 Å². The van der Waals surface area contributed by atoms with E-state index >= 15 is 0 Å². The van der Waals surface area contributed by atoms with Crippen LogP contribution in [0.25, 0.3) is 0 Å². The van der Waals surface area contributed by atoms with Crippen LogP contribution in [-0.2, 0) is 0 Å². The second kappa shape index (κ2) is 5.24. The maximum atomic E-state index is 13.0. The molecule has 1 N–H and O–H groups in total. The normalized spacial score (nSPS) is 27.3. The number of nitrogens with one attached hydrogen (secondary N) is 1. The zero-order valence-electron chi connectivity index (χ0n) is 12.3. The molecule has 2 fully saturated rings. The number of nitrogens with zero attached hydrogens (tertiary/aromatic N) is 1. The molecule has 0 spiro atoms. The number of benzene rings is 1. The molecule has 3 aliphatic rings. The largest absolute Gasteiger partial charge is 0.489 e. The fraction of sp³-hybridized carbons (Fsp3) is 0.588. The molecule has 2 atom stereocenters. The van der Waals surface area contributed by atoms with Gasteiger partial charge in [0.15, 0.2) is 5.75 Å². The van der Waals surface area contributed by atoms with E-state index in [-0.39, 0.29) is 5.91 Å². The molecule has 1 aliphatic carbocycles. The number of amides is 1. The fourth-order valence-corrected chi connectivity index (χ4v) is 4.20. The van der Waals surface area contributed by atoms with Gasteiger partial charge >= 0.3 is 0 Å². The van der Waals surface area contributed by atoms with Crippen molar-refractivity contribution in [1.82, 2.24) is 4.90 Å². The minimum absolute atomic E-state index is 0.159. The first-order valence-electron chi connectivity index (χ1n) is 8.15. The van der Waals surface area contributed by atoms with E-state index in [1.165, 1.54) is 25.7 Å². The average Bonchev–Trinajstić information content (AvgIpc) is 3.02. The molecule has 1 saturated heterocycles. The summed E-state index contributed by atoms with van der Waals surface area (Å²) < 4.78 is 5.77. The molecule has 0 aromatic heterocycles. The lowest BCUT2D eigenvalue weighted by Gasteiger charge is -2.38. The van der Waals surface area contributed by atoms with Crippen LogP contribution in [0.5, 0.6) is 5.75 Å². The number of carbonyl (C=O) groups excluding carboxylic acids is 1. The molecule has 112 valence electrons. The van der Waals surface area contributed by atoms with Crippen LogP contribution < -0.4 is 10.1 Å². The van der Waals surface area contributed by atoms with Gasteiger partial charge in [-0.1, -0.05) is 12.5 Å². The molecule has 2 aliphatic heterocycles. The summed E-state index contributed by atoms with van der Waals surface area (Å²) in [5.41, 5.74) is 1.68. The number of para-hydroxylation sites is 1. The molecule has 1 saturated carbocycles. The van der Waals surface area contributed by atoms with E-state index in [1.54, 1.807) is 0 Å². The average molecular weight is 286 g/mol. The van der Waals surface area contributed by atoms with Crippen LogP contribution in [0.3, 0.4) is 0 Å². The summed E-state index contributed by atoms with van der Waals surface area (Å²) in [6.45, 7) is 2.33. The summed E-state index contributed by atoms with van der Waals surface area (Å²) in [7, 11) is 0. The molecule has 21 heavy (non-hydrogen) atoms. The molecule has 0 bridgehead atoms. The molecule has 1 aromatic rings. The molecule has 4 nitrogen and oxygen atoms in total. The first-order chi connectivity index (χ1) is 10.3. The van der Waals surface area contributed by atoms with Crippen molar-refractivity contribution in [1.29, 1.82) is 0 Å². The zero-order chi connectivity index (χ0) is 14.2. The van der Waals surface area contributed by atoms with Gasteiger partial charge in [-0.3, -0.25) is 4.79 Å². The highest BCUT2D eigenvalue weighted by molar-refractivity contribution is 5.99. The zero-order valence-corrected chi connectivity index (χ0v) is 12.3. The number of piperidine rings is 1. The molecule has 1 aromatic carbocycles. The van der Waals surface area contributed by atoms with Gasteiger partial charge < -0.3 is 15.0 Å². The SMILES string of the molecule is O=C(c1cccc2c1OCCN2)N1CCCC2CCCC21. The smallest absolute Gasteiger partial charge is 0.257 e. The highest BCUT2D eigenvalue weighted by atomic mass is 16.5. The standard InChI is InChI=1S/C17H22N2O2/c20-17(19-10-3-5-12-4-1-8-15(12)19)13-6-2-7-14-16(13)21-11-9-18-14/h2,6-7,12,15,18H,1,3-5,8-11H2. The van der Waals surface area contributed by atoms with Crippen molar-refractivity contribution in [3.63, 3.8) is 0 Å². The Morgan fingerprint density at radius 2 is 2.14 bits per heavy atom. The number of anilines is 1. The topological polar surface area (TPSA) is 41.6 Å². The number of fused-ring (bicyclic) bond motifs is 2. The van der Waals surface area contributed by atoms with Gasteiger partial charge in [-0.25, -0.2) is 0 Å². The van der Waals surface area contributed by atoms with Gasteiger partial charge in [0.1, 0.15) is 6.61 Å². The van der Waals surface area contributed by atoms with E-state index in [4.69, 9.17) is 4.74 Å². The maximum Gasteiger partial charge on any atom is 0.257 e. The van der Waals surface area contributed by atoms with Crippen LogP contribution in [0.15, 0.2) is 18.2 Å². The van der Waals surface area contributed by atoms with E-state index in [1.807, 2.05) is 18.2 Å². The van der Waals surface area contributed by atoms with E-state index in [0.717, 1.165) is 42.4 Å². The van der Waals surface area contributed by atoms with Crippen LogP contribution in [0.1, 0.15) is 42.5 Å². The van der Waals surface area contributed by atoms with Crippen molar-refractivity contribution in [3.05, 3.63) is 23.8 Å². The third kappa shape index (κ3) is 2.17. The molecule has 4 rings (SSSR count). The van der Waals surface area contributed by atoms with Gasteiger partial charge in [-0.15, -0.1) is 0 Å². The Kier molecular flexibility index (Phi) is 3.24. The lowest BCUT2D eigenvalue weighted by molar-refractivity contribution is 0.0544. The van der Waals surface area contributed by atoms with Gasteiger partial charge in [-0.05, 0) is 43.7 Å². The summed E-state index contributed by atoms with van der Waals surface area (Å²) in [5.74, 6) is 1.63. The van der Waals surface area contributed by atoms with Gasteiger partial charge in [0.25, 0.3) is 5.91 Å². The quantitative estimate of drug-likeness (QED) is 0.863. The number of ether oxygens (including phenoxy) is 1. The van der Waals surface area contributed by atoms with Gasteiger partial charge in [-0.2, -0.15) is 0 Å². The molecule has 2 heterocycles. The predicted octanol–water partition coefficient (Wildman–Crippen LogP) is 2.90. The highest BCUT2D eigenvalue weighted by Crippen LogP contribution is 2.39. The van der Waals surface area contributed by atoms with Crippen molar-refractivity contribution in [2.75, 3.05) is 25.0 Å². The van der Waals surface area contributed by atoms with Gasteiger partial charge in [0, 0.05) is 19.1 Å². The van der Waals surface area contributed by atoms with Crippen molar-refractivity contribution >= 4 is 11.6 Å². The van der Waals surface area contributed by atoms with Crippen LogP contribution in [-0.4, -0.2) is 36.5 Å². The molecule has 1 amide bonds. The monoisotopic (exact) mass is 286 g/mol. The second-order valence-electron chi connectivity index (χ2n) is 6.36. The molecular weight excluding hydrogens is 264 g/mol. The Labute approximate surface area is 125 Å². The van der Waals surface area contributed by atoms with Gasteiger partial charge in [0.05, 0.1) is 11.3 Å². The highest BCUT2D eigenvalue weighted by Gasteiger charge is 2.38. The van der Waals surface area contributed by atoms with E-state index < -0.39 is 0 Å². The Bertz CT molecular complexity index is 558. The van der Waals surface area contributed by atoms with E-state index in [2.05, 4.69) is 10.2 Å². The summed E-state index contributed by atoms with van der Waals surface area (Å²) in [6, 6.07) is 6.30. The Hall–Kier alpha value is -1.71. The van der Waals surface area contributed by atoms with Crippen molar-refractivity contribution in [3.8, 4) is 5.75 Å². The molecular formula is C17H22N2O2. The first kappa shape index (κ1) is 13.0. The summed E-state index contributed by atoms with van der Waals surface area (Å²) >= 11 is 0. The summed E-state index contributed by atoms with van der Waals surface area (Å²) in [4.78, 5) is 15.2. The van der Waals surface area contributed by atoms with Crippen LogP contribution in [0, 0.1) is 5.92 Å². The Morgan fingerprint density at radius 3 is 3.10 bits per heavy atom. The Morgan fingerprint density at radius 1 is 1.24 bits per heavy atom. The summed E-state index contributed by atoms with van der Waals surface area (Å²) in [6.07, 6.45) is 6.16. The van der Waals surface area contributed by atoms with E-state index in [0.29, 0.717) is 12.6 Å². The number of hydrogen-bond acceptors (Lipinski definition) is 3. The van der Waals surface area contributed by atoms with Crippen molar-refractivity contribution < 1.29 is 9.53 Å². The number of likely N-dealkylation sites (tertiary alicyclic amines) is 1. The molecule has 2 unspecified atom stereocenters. The third-order valence-electron chi connectivity index (χ3n) is 5.16.